The van der Waals surface area contributed by atoms with E-state index < -0.39 is 12.8 Å². The van der Waals surface area contributed by atoms with Gasteiger partial charge < -0.3 is 20.7 Å². The van der Waals surface area contributed by atoms with Gasteiger partial charge in [0.1, 0.15) is 5.82 Å². The summed E-state index contributed by atoms with van der Waals surface area (Å²) in [6.45, 7) is 4.25. The number of aromatic nitrogens is 2. The van der Waals surface area contributed by atoms with Crippen LogP contribution in [-0.4, -0.2) is 47.8 Å². The zero-order chi connectivity index (χ0) is 24.3. The van der Waals surface area contributed by atoms with Crippen molar-refractivity contribution in [2.75, 3.05) is 24.6 Å². The maximum Gasteiger partial charge on any atom is 0.422 e. The van der Waals surface area contributed by atoms with Gasteiger partial charge in [-0.2, -0.15) is 18.2 Å². The number of hydrogen-bond acceptors (Lipinski definition) is 5. The third-order valence-corrected chi connectivity index (χ3v) is 4.96. The molecule has 2 aromatic rings. The summed E-state index contributed by atoms with van der Waals surface area (Å²) in [7, 11) is 0. The van der Waals surface area contributed by atoms with Crippen LogP contribution in [0.4, 0.5) is 19.0 Å². The van der Waals surface area contributed by atoms with Crippen LogP contribution in [0.15, 0.2) is 36.7 Å². The molecule has 0 aromatic carbocycles. The molecule has 2 aromatic heterocycles. The van der Waals surface area contributed by atoms with E-state index in [4.69, 9.17) is 10.5 Å². The second-order valence-corrected chi connectivity index (χ2v) is 7.81. The minimum absolute atomic E-state index is 0.0814. The molecule has 3 heterocycles. The lowest BCUT2D eigenvalue weighted by molar-refractivity contribution is -0.154. The van der Waals surface area contributed by atoms with Crippen molar-refractivity contribution < 1.29 is 22.7 Å². The van der Waals surface area contributed by atoms with Gasteiger partial charge in [-0.1, -0.05) is 20.3 Å². The third-order valence-electron chi connectivity index (χ3n) is 4.96. The molecule has 2 N–H and O–H groups in total. The van der Waals surface area contributed by atoms with Crippen molar-refractivity contribution in [2.24, 2.45) is 0 Å². The summed E-state index contributed by atoms with van der Waals surface area (Å²) >= 11 is 0. The van der Waals surface area contributed by atoms with Crippen molar-refractivity contribution >= 4 is 11.7 Å². The standard InChI is InChI=1S/C19H21F3N4O2.C4H10N/c20-19(21,22)13-28-16-5-4-15(17(25-16)26-10-2-1-3-11-26)12-24-18(27)14-6-8-23-9-7-14;1-3-4(2)5/h4-9H,1-3,10-13H2,(H,24,27);4-5H,3H2,1-2H3/q;-1. The van der Waals surface area contributed by atoms with Gasteiger partial charge in [0.15, 0.2) is 6.61 Å². The van der Waals surface area contributed by atoms with Gasteiger partial charge in [-0.25, -0.2) is 0 Å². The number of pyridine rings is 2. The van der Waals surface area contributed by atoms with Gasteiger partial charge in [-0.15, -0.1) is 6.04 Å². The highest BCUT2D eigenvalue weighted by Gasteiger charge is 2.29. The molecule has 33 heavy (non-hydrogen) atoms. The molecule has 1 saturated heterocycles. The smallest absolute Gasteiger partial charge is 0.422 e. The van der Waals surface area contributed by atoms with Gasteiger partial charge in [-0.05, 0) is 37.5 Å². The quantitative estimate of drug-likeness (QED) is 0.608. The molecule has 0 aliphatic carbocycles. The molecule has 182 valence electrons. The van der Waals surface area contributed by atoms with E-state index in [0.717, 1.165) is 44.3 Å². The molecule has 0 bridgehead atoms. The van der Waals surface area contributed by atoms with Crippen LogP contribution in [0.5, 0.6) is 5.88 Å². The first-order valence-electron chi connectivity index (χ1n) is 11.0. The Labute approximate surface area is 192 Å². The molecular formula is C23H31F3N5O2-. The van der Waals surface area contributed by atoms with Crippen molar-refractivity contribution in [1.29, 1.82) is 0 Å². The molecule has 1 atom stereocenters. The number of ether oxygens (including phenoxy) is 1. The topological polar surface area (TPSA) is 91.2 Å². The molecule has 0 saturated carbocycles. The number of amides is 1. The Hall–Kier alpha value is -2.88. The lowest BCUT2D eigenvalue weighted by atomic mass is 10.1. The number of nitrogens with zero attached hydrogens (tertiary/aromatic N) is 3. The molecule has 10 heteroatoms. The van der Waals surface area contributed by atoms with Gasteiger partial charge >= 0.3 is 6.18 Å². The predicted molar refractivity (Wildman–Crippen MR) is 121 cm³/mol. The summed E-state index contributed by atoms with van der Waals surface area (Å²) in [6, 6.07) is 6.39. The highest BCUT2D eigenvalue weighted by Crippen LogP contribution is 2.26. The minimum Gasteiger partial charge on any atom is -0.675 e. The van der Waals surface area contributed by atoms with E-state index in [1.807, 2.05) is 18.7 Å². The molecule has 0 radical (unpaired) electrons. The van der Waals surface area contributed by atoms with Gasteiger partial charge in [0, 0.05) is 49.2 Å². The minimum atomic E-state index is -4.43. The third kappa shape index (κ3) is 9.65. The van der Waals surface area contributed by atoms with Gasteiger partial charge in [0.2, 0.25) is 5.88 Å². The fraction of sp³-hybridized carbons (Fsp3) is 0.522. The first-order valence-corrected chi connectivity index (χ1v) is 11.0. The normalized spacial score (nSPS) is 14.7. The molecule has 1 unspecified atom stereocenters. The monoisotopic (exact) mass is 466 g/mol. The second-order valence-electron chi connectivity index (χ2n) is 7.81. The molecule has 1 aliphatic heterocycles. The Morgan fingerprint density at radius 1 is 1.18 bits per heavy atom. The van der Waals surface area contributed by atoms with Crippen LogP contribution in [0, 0.1) is 0 Å². The van der Waals surface area contributed by atoms with Crippen LogP contribution in [0.25, 0.3) is 5.73 Å². The van der Waals surface area contributed by atoms with Crippen LogP contribution in [0.2, 0.25) is 0 Å². The Kier molecular flexibility index (Phi) is 10.4. The van der Waals surface area contributed by atoms with Crippen molar-refractivity contribution in [3.05, 3.63) is 53.5 Å². The Morgan fingerprint density at radius 2 is 1.82 bits per heavy atom. The number of carbonyl (C=O) groups is 1. The van der Waals surface area contributed by atoms with E-state index in [1.54, 1.807) is 18.2 Å². The Balaban J connectivity index is 0.000000696. The first-order chi connectivity index (χ1) is 15.7. The van der Waals surface area contributed by atoms with Crippen LogP contribution in [-0.2, 0) is 6.54 Å². The number of carbonyl (C=O) groups excluding carboxylic acids is 1. The molecule has 7 nitrogen and oxygen atoms in total. The summed E-state index contributed by atoms with van der Waals surface area (Å²) in [5.41, 5.74) is 8.03. The van der Waals surface area contributed by atoms with E-state index in [1.165, 1.54) is 18.5 Å². The van der Waals surface area contributed by atoms with E-state index in [2.05, 4.69) is 15.3 Å². The number of halogens is 3. The average Bonchev–Trinajstić information content (AvgIpc) is 2.82. The first kappa shape index (κ1) is 26.4. The molecule has 1 amide bonds. The average molecular weight is 467 g/mol. The molecule has 3 rings (SSSR count). The lowest BCUT2D eigenvalue weighted by Crippen LogP contribution is -2.32. The molecular weight excluding hydrogens is 435 g/mol. The van der Waals surface area contributed by atoms with E-state index in [9.17, 15) is 18.0 Å². The maximum absolute atomic E-state index is 12.4. The van der Waals surface area contributed by atoms with Crippen molar-refractivity contribution in [1.82, 2.24) is 15.3 Å². The summed E-state index contributed by atoms with van der Waals surface area (Å²) < 4.78 is 42.1. The van der Waals surface area contributed by atoms with Gasteiger partial charge in [0.25, 0.3) is 5.91 Å². The predicted octanol–water partition coefficient (Wildman–Crippen LogP) is 5.18. The lowest BCUT2D eigenvalue weighted by Gasteiger charge is -2.29. The van der Waals surface area contributed by atoms with Gasteiger partial charge in [0.05, 0.1) is 0 Å². The highest BCUT2D eigenvalue weighted by atomic mass is 19.4. The molecule has 0 spiro atoms. The summed E-state index contributed by atoms with van der Waals surface area (Å²) in [5.74, 6) is 0.209. The summed E-state index contributed by atoms with van der Waals surface area (Å²) in [4.78, 5) is 22.5. The maximum atomic E-state index is 12.4. The highest BCUT2D eigenvalue weighted by molar-refractivity contribution is 5.94. The number of anilines is 1. The van der Waals surface area contributed by atoms with Crippen molar-refractivity contribution in [3.63, 3.8) is 0 Å². The number of nitrogens with one attached hydrogen (secondary N) is 2. The number of piperidine rings is 1. The van der Waals surface area contributed by atoms with Crippen molar-refractivity contribution in [2.45, 2.75) is 58.3 Å². The summed E-state index contributed by atoms with van der Waals surface area (Å²) in [5, 5.41) is 2.82. The fourth-order valence-corrected chi connectivity index (χ4v) is 2.99. The zero-order valence-electron chi connectivity index (χ0n) is 19.0. The van der Waals surface area contributed by atoms with Crippen LogP contribution in [0.3, 0.4) is 0 Å². The number of rotatable bonds is 7. The van der Waals surface area contributed by atoms with Crippen LogP contribution >= 0.6 is 0 Å². The van der Waals surface area contributed by atoms with E-state index in [0.29, 0.717) is 11.4 Å². The molecule has 1 aliphatic rings. The summed E-state index contributed by atoms with van der Waals surface area (Å²) in [6.07, 6.45) is 2.68. The Morgan fingerprint density at radius 3 is 2.39 bits per heavy atom. The van der Waals surface area contributed by atoms with E-state index >= 15 is 0 Å². The largest absolute Gasteiger partial charge is 0.675 e. The SMILES string of the molecule is CCC(C)[NH-].O=C(NCc1ccc(OCC(F)(F)F)nc1N1CCCCC1)c1ccncc1. The number of alkyl halides is 3. The van der Waals surface area contributed by atoms with Crippen LogP contribution in [0.1, 0.15) is 55.5 Å². The second kappa shape index (κ2) is 13.0. The zero-order valence-corrected chi connectivity index (χ0v) is 19.0. The Bertz CT molecular complexity index is 857. The molecule has 1 fully saturated rings. The van der Waals surface area contributed by atoms with E-state index in [-0.39, 0.29) is 24.4 Å². The van der Waals surface area contributed by atoms with Crippen molar-refractivity contribution in [3.8, 4) is 5.88 Å². The van der Waals surface area contributed by atoms with Gasteiger partial charge in [-0.3, -0.25) is 9.78 Å². The fourth-order valence-electron chi connectivity index (χ4n) is 2.99. The van der Waals surface area contributed by atoms with Crippen LogP contribution < -0.4 is 15.0 Å². The number of hydrogen-bond donors (Lipinski definition) is 1.